The molecule has 1 aromatic rings. The molecule has 3 N–H and O–H groups in total. The van der Waals surface area contributed by atoms with E-state index in [1.807, 2.05) is 0 Å². The number of carboxylic acids is 1. The Morgan fingerprint density at radius 2 is 2.00 bits per heavy atom. The molecule has 0 saturated heterocycles. The molecule has 0 radical (unpaired) electrons. The zero-order chi connectivity index (χ0) is 12.6. The van der Waals surface area contributed by atoms with Gasteiger partial charge in [0.25, 0.3) is 5.91 Å². The van der Waals surface area contributed by atoms with E-state index in [2.05, 4.69) is 5.32 Å². The van der Waals surface area contributed by atoms with Crippen molar-refractivity contribution >= 4 is 11.9 Å². The van der Waals surface area contributed by atoms with Crippen LogP contribution in [0.3, 0.4) is 0 Å². The highest BCUT2D eigenvalue weighted by Gasteiger charge is 2.51. The summed E-state index contributed by atoms with van der Waals surface area (Å²) in [6, 6.07) is 2.92. The number of benzene rings is 1. The number of carbonyl (C=O) groups is 2. The fourth-order valence-electron chi connectivity index (χ4n) is 1.49. The van der Waals surface area contributed by atoms with Gasteiger partial charge in [-0.25, -0.2) is 9.18 Å². The number of carboxylic acid groups (broad SMARTS) is 1. The number of hydrogen-bond acceptors (Lipinski definition) is 3. The number of hydrogen-bond donors (Lipinski definition) is 3. The second kappa shape index (κ2) is 3.73. The lowest BCUT2D eigenvalue weighted by atomic mass is 10.1. The monoisotopic (exact) mass is 239 g/mol. The van der Waals surface area contributed by atoms with Crippen molar-refractivity contribution in [3.63, 3.8) is 0 Å². The fourth-order valence-corrected chi connectivity index (χ4v) is 1.49. The first-order valence-electron chi connectivity index (χ1n) is 4.99. The van der Waals surface area contributed by atoms with E-state index in [1.54, 1.807) is 0 Å². The third kappa shape index (κ3) is 2.06. The third-order valence-electron chi connectivity index (χ3n) is 2.72. The second-order valence-corrected chi connectivity index (χ2v) is 4.00. The van der Waals surface area contributed by atoms with E-state index in [-0.39, 0.29) is 11.3 Å². The number of aliphatic carboxylic acids is 1. The highest BCUT2D eigenvalue weighted by atomic mass is 19.1. The van der Waals surface area contributed by atoms with Gasteiger partial charge in [0.15, 0.2) is 0 Å². The Morgan fingerprint density at radius 3 is 2.53 bits per heavy atom. The molecular weight excluding hydrogens is 229 g/mol. The SMILES string of the molecule is O=C(NC1(C(=O)O)CC1)c1cc(F)ccc1O. The van der Waals surface area contributed by atoms with Crippen LogP contribution in [0.15, 0.2) is 18.2 Å². The molecule has 0 aromatic heterocycles. The molecule has 1 aromatic carbocycles. The van der Waals surface area contributed by atoms with Gasteiger partial charge in [-0.2, -0.15) is 0 Å². The van der Waals surface area contributed by atoms with Crippen LogP contribution in [0.5, 0.6) is 5.75 Å². The summed E-state index contributed by atoms with van der Waals surface area (Å²) in [6.45, 7) is 0. The normalized spacial score (nSPS) is 16.3. The minimum atomic E-state index is -1.25. The van der Waals surface area contributed by atoms with E-state index in [1.165, 1.54) is 0 Å². The Labute approximate surface area is 95.9 Å². The van der Waals surface area contributed by atoms with Crippen molar-refractivity contribution in [2.45, 2.75) is 18.4 Å². The van der Waals surface area contributed by atoms with Crippen LogP contribution in [0.1, 0.15) is 23.2 Å². The molecule has 1 aliphatic rings. The lowest BCUT2D eigenvalue weighted by Gasteiger charge is -2.13. The molecule has 0 aliphatic heterocycles. The molecule has 90 valence electrons. The molecule has 1 fully saturated rings. The van der Waals surface area contributed by atoms with Crippen molar-refractivity contribution < 1.29 is 24.2 Å². The number of nitrogens with one attached hydrogen (secondary N) is 1. The van der Waals surface area contributed by atoms with Gasteiger partial charge in [0.1, 0.15) is 17.1 Å². The van der Waals surface area contributed by atoms with Crippen LogP contribution in [0.4, 0.5) is 4.39 Å². The standard InChI is InChI=1S/C11H10FNO4/c12-6-1-2-8(14)7(5-6)9(15)13-11(3-4-11)10(16)17/h1-2,5,14H,3-4H2,(H,13,15)(H,16,17). The number of amides is 1. The Hall–Kier alpha value is -2.11. The lowest BCUT2D eigenvalue weighted by Crippen LogP contribution is -2.43. The van der Waals surface area contributed by atoms with Gasteiger partial charge in [0.05, 0.1) is 5.56 Å². The van der Waals surface area contributed by atoms with Crippen molar-refractivity contribution in [2.24, 2.45) is 0 Å². The molecule has 0 bridgehead atoms. The van der Waals surface area contributed by atoms with Crippen LogP contribution >= 0.6 is 0 Å². The zero-order valence-electron chi connectivity index (χ0n) is 8.74. The summed E-state index contributed by atoms with van der Waals surface area (Å²) >= 11 is 0. The summed E-state index contributed by atoms with van der Waals surface area (Å²) in [5, 5.41) is 20.5. The first-order chi connectivity index (χ1) is 7.94. The van der Waals surface area contributed by atoms with Gasteiger partial charge >= 0.3 is 5.97 Å². The number of aromatic hydroxyl groups is 1. The minimum Gasteiger partial charge on any atom is -0.507 e. The average Bonchev–Trinajstić information content (AvgIpc) is 3.02. The molecule has 0 unspecified atom stereocenters. The van der Waals surface area contributed by atoms with Crippen LogP contribution in [0.2, 0.25) is 0 Å². The third-order valence-corrected chi connectivity index (χ3v) is 2.72. The Balaban J connectivity index is 2.21. The van der Waals surface area contributed by atoms with E-state index in [9.17, 15) is 19.1 Å². The van der Waals surface area contributed by atoms with Crippen LogP contribution in [-0.4, -0.2) is 27.6 Å². The minimum absolute atomic E-state index is 0.266. The van der Waals surface area contributed by atoms with E-state index in [4.69, 9.17) is 5.11 Å². The molecule has 0 spiro atoms. The van der Waals surface area contributed by atoms with Gasteiger partial charge in [0.2, 0.25) is 0 Å². The summed E-state index contributed by atoms with van der Waals surface area (Å²) in [5.41, 5.74) is -1.52. The molecule has 1 aliphatic carbocycles. The molecule has 2 rings (SSSR count). The maximum atomic E-state index is 12.9. The lowest BCUT2D eigenvalue weighted by molar-refractivity contribution is -0.140. The maximum Gasteiger partial charge on any atom is 0.329 e. The molecule has 5 nitrogen and oxygen atoms in total. The summed E-state index contributed by atoms with van der Waals surface area (Å²) in [7, 11) is 0. The largest absolute Gasteiger partial charge is 0.507 e. The predicted molar refractivity (Wildman–Crippen MR) is 55.1 cm³/mol. The van der Waals surface area contributed by atoms with Crippen molar-refractivity contribution in [1.29, 1.82) is 0 Å². The van der Waals surface area contributed by atoms with E-state index in [0.717, 1.165) is 18.2 Å². The zero-order valence-corrected chi connectivity index (χ0v) is 8.74. The number of rotatable bonds is 3. The number of halogens is 1. The van der Waals surface area contributed by atoms with Gasteiger partial charge in [-0.05, 0) is 31.0 Å². The molecular formula is C11H10FNO4. The topological polar surface area (TPSA) is 86.6 Å². The quantitative estimate of drug-likeness (QED) is 0.730. The van der Waals surface area contributed by atoms with Crippen LogP contribution in [0, 0.1) is 5.82 Å². The van der Waals surface area contributed by atoms with Crippen LogP contribution in [-0.2, 0) is 4.79 Å². The van der Waals surface area contributed by atoms with Gasteiger partial charge in [-0.15, -0.1) is 0 Å². The molecule has 6 heteroatoms. The van der Waals surface area contributed by atoms with E-state index in [0.29, 0.717) is 12.8 Å². The van der Waals surface area contributed by atoms with Crippen LogP contribution in [0.25, 0.3) is 0 Å². The van der Waals surface area contributed by atoms with E-state index < -0.39 is 23.2 Å². The first-order valence-corrected chi connectivity index (χ1v) is 4.99. The molecule has 1 saturated carbocycles. The van der Waals surface area contributed by atoms with E-state index >= 15 is 0 Å². The fraction of sp³-hybridized carbons (Fsp3) is 0.273. The Morgan fingerprint density at radius 1 is 1.35 bits per heavy atom. The first kappa shape index (κ1) is 11.4. The number of phenolic OH excluding ortho intramolecular Hbond substituents is 1. The van der Waals surface area contributed by atoms with Gasteiger partial charge in [-0.3, -0.25) is 4.79 Å². The smallest absolute Gasteiger partial charge is 0.329 e. The molecule has 17 heavy (non-hydrogen) atoms. The van der Waals surface area contributed by atoms with Crippen molar-refractivity contribution in [3.8, 4) is 5.75 Å². The predicted octanol–water partition coefficient (Wildman–Crippen LogP) is 0.878. The maximum absolute atomic E-state index is 12.9. The number of phenols is 1. The molecule has 0 atom stereocenters. The Kier molecular flexibility index (Phi) is 2.49. The van der Waals surface area contributed by atoms with Crippen molar-refractivity contribution in [2.75, 3.05) is 0 Å². The highest BCUT2D eigenvalue weighted by Crippen LogP contribution is 2.36. The van der Waals surface area contributed by atoms with Gasteiger partial charge < -0.3 is 15.5 Å². The van der Waals surface area contributed by atoms with Gasteiger partial charge in [0, 0.05) is 0 Å². The Bertz CT molecular complexity index is 496. The van der Waals surface area contributed by atoms with Gasteiger partial charge in [-0.1, -0.05) is 0 Å². The van der Waals surface area contributed by atoms with Crippen molar-refractivity contribution in [1.82, 2.24) is 5.32 Å². The molecule has 1 amide bonds. The summed E-state index contributed by atoms with van der Waals surface area (Å²) < 4.78 is 12.9. The number of carbonyl (C=O) groups excluding carboxylic acids is 1. The average molecular weight is 239 g/mol. The summed E-state index contributed by atoms with van der Waals surface area (Å²) in [5.74, 6) is -2.97. The summed E-state index contributed by atoms with van der Waals surface area (Å²) in [4.78, 5) is 22.5. The second-order valence-electron chi connectivity index (χ2n) is 4.00. The van der Waals surface area contributed by atoms with Crippen molar-refractivity contribution in [3.05, 3.63) is 29.6 Å². The molecule has 0 heterocycles. The van der Waals surface area contributed by atoms with Crippen LogP contribution < -0.4 is 5.32 Å². The summed E-state index contributed by atoms with van der Waals surface area (Å²) in [6.07, 6.45) is 0.675. The highest BCUT2D eigenvalue weighted by molar-refractivity contribution is 6.00.